The number of rotatable bonds is 17. The maximum atomic E-state index is 10.3. The summed E-state index contributed by atoms with van der Waals surface area (Å²) in [5.41, 5.74) is 2.50. The largest absolute Gasteiger partial charge is 0.481 e. The number of carbonyl (C=O) groups excluding carboxylic acids is 1. The SMILES string of the molecule is CC(=O)NN(C)C.CCCCCCCCCCCCCCCCCC(=O)O. The highest BCUT2D eigenvalue weighted by atomic mass is 16.4. The van der Waals surface area contributed by atoms with Crippen LogP contribution in [0.5, 0.6) is 0 Å². The smallest absolute Gasteiger partial charge is 0.303 e. The molecule has 5 nitrogen and oxygen atoms in total. The van der Waals surface area contributed by atoms with Crippen molar-refractivity contribution in [2.75, 3.05) is 14.1 Å². The lowest BCUT2D eigenvalue weighted by Gasteiger charge is -2.07. The summed E-state index contributed by atoms with van der Waals surface area (Å²) in [6, 6.07) is 0. The zero-order valence-corrected chi connectivity index (χ0v) is 18.5. The molecule has 0 aliphatic heterocycles. The third-order valence-corrected chi connectivity index (χ3v) is 4.38. The van der Waals surface area contributed by atoms with Crippen LogP contribution < -0.4 is 5.43 Å². The van der Waals surface area contributed by atoms with Crippen molar-refractivity contribution in [1.29, 1.82) is 0 Å². The van der Waals surface area contributed by atoms with Crippen LogP contribution in [-0.4, -0.2) is 36.1 Å². The van der Waals surface area contributed by atoms with Crippen LogP contribution in [0.1, 0.15) is 117 Å². The fourth-order valence-electron chi connectivity index (χ4n) is 2.96. The first kappa shape index (κ1) is 28.1. The van der Waals surface area contributed by atoms with Gasteiger partial charge in [-0.25, -0.2) is 5.01 Å². The quantitative estimate of drug-likeness (QED) is 0.240. The van der Waals surface area contributed by atoms with Gasteiger partial charge in [-0.3, -0.25) is 15.0 Å². The van der Waals surface area contributed by atoms with E-state index >= 15 is 0 Å². The van der Waals surface area contributed by atoms with E-state index in [1.807, 2.05) is 0 Å². The third kappa shape index (κ3) is 33.0. The summed E-state index contributed by atoms with van der Waals surface area (Å²) in [6.07, 6.45) is 20.2. The van der Waals surface area contributed by atoms with Gasteiger partial charge in [-0.05, 0) is 6.42 Å². The molecule has 0 unspecified atom stereocenters. The van der Waals surface area contributed by atoms with E-state index in [9.17, 15) is 9.59 Å². The van der Waals surface area contributed by atoms with Crippen LogP contribution in [-0.2, 0) is 9.59 Å². The maximum Gasteiger partial charge on any atom is 0.303 e. The summed E-state index contributed by atoms with van der Waals surface area (Å²) in [6.45, 7) is 3.74. The average molecular weight is 387 g/mol. The number of hydrazine groups is 1. The third-order valence-electron chi connectivity index (χ3n) is 4.38. The van der Waals surface area contributed by atoms with Crippen LogP contribution in [0.25, 0.3) is 0 Å². The van der Waals surface area contributed by atoms with Gasteiger partial charge in [-0.15, -0.1) is 0 Å². The van der Waals surface area contributed by atoms with Crippen LogP contribution in [0.4, 0.5) is 0 Å². The van der Waals surface area contributed by atoms with Gasteiger partial charge in [-0.1, -0.05) is 96.8 Å². The molecule has 5 heteroatoms. The first-order valence-electron chi connectivity index (χ1n) is 11.1. The molecule has 0 aromatic heterocycles. The lowest BCUT2D eigenvalue weighted by Crippen LogP contribution is -2.34. The molecule has 0 aliphatic carbocycles. The molecule has 0 aromatic carbocycles. The lowest BCUT2D eigenvalue weighted by atomic mass is 10.0. The van der Waals surface area contributed by atoms with E-state index in [-0.39, 0.29) is 5.91 Å². The molecule has 1 amide bonds. The van der Waals surface area contributed by atoms with Gasteiger partial charge in [0.05, 0.1) is 0 Å². The van der Waals surface area contributed by atoms with E-state index in [1.54, 1.807) is 19.1 Å². The van der Waals surface area contributed by atoms with Crippen molar-refractivity contribution >= 4 is 11.9 Å². The molecule has 0 radical (unpaired) electrons. The highest BCUT2D eigenvalue weighted by Crippen LogP contribution is 2.13. The number of hydrogen-bond acceptors (Lipinski definition) is 3. The fourth-order valence-corrected chi connectivity index (χ4v) is 2.96. The number of carboxylic acids is 1. The number of nitrogens with zero attached hydrogens (tertiary/aromatic N) is 1. The van der Waals surface area contributed by atoms with Crippen LogP contribution in [0.2, 0.25) is 0 Å². The highest BCUT2D eigenvalue weighted by Gasteiger charge is 1.97. The number of amides is 1. The molecule has 162 valence electrons. The Labute approximate surface area is 168 Å². The standard InChI is InChI=1S/C18H36O2.C4H10N2O/c1-2-3-4-5-6-7-8-9-10-11-12-13-14-15-16-17-18(19)20;1-4(7)5-6(2)3/h2-17H2,1H3,(H,19,20);1-3H3,(H,5,7). The van der Waals surface area contributed by atoms with Gasteiger partial charge in [0.1, 0.15) is 0 Å². The van der Waals surface area contributed by atoms with Crippen molar-refractivity contribution < 1.29 is 14.7 Å². The monoisotopic (exact) mass is 386 g/mol. The number of carbonyl (C=O) groups is 2. The molecular weight excluding hydrogens is 340 g/mol. The maximum absolute atomic E-state index is 10.3. The van der Waals surface area contributed by atoms with Crippen LogP contribution in [0.15, 0.2) is 0 Å². The second-order valence-electron chi connectivity index (χ2n) is 7.66. The Morgan fingerprint density at radius 2 is 1.04 bits per heavy atom. The van der Waals surface area contributed by atoms with Crippen molar-refractivity contribution in [2.45, 2.75) is 117 Å². The van der Waals surface area contributed by atoms with E-state index in [2.05, 4.69) is 12.3 Å². The van der Waals surface area contributed by atoms with Crippen molar-refractivity contribution in [3.8, 4) is 0 Å². The normalized spacial score (nSPS) is 10.4. The van der Waals surface area contributed by atoms with Gasteiger partial charge >= 0.3 is 5.97 Å². The molecular formula is C22H46N2O3. The van der Waals surface area contributed by atoms with E-state index in [1.165, 1.54) is 90.4 Å². The van der Waals surface area contributed by atoms with Gasteiger partial charge < -0.3 is 5.11 Å². The Morgan fingerprint density at radius 3 is 1.26 bits per heavy atom. The van der Waals surface area contributed by atoms with Gasteiger partial charge in [0.25, 0.3) is 0 Å². The zero-order valence-electron chi connectivity index (χ0n) is 18.5. The predicted octanol–water partition coefficient (Wildman–Crippen LogP) is 5.93. The molecule has 0 aromatic rings. The summed E-state index contributed by atoms with van der Waals surface area (Å²) in [4.78, 5) is 20.4. The number of carboxylic acid groups (broad SMARTS) is 1. The molecule has 0 rings (SSSR count). The summed E-state index contributed by atoms with van der Waals surface area (Å²) in [7, 11) is 3.53. The number of unbranched alkanes of at least 4 members (excludes halogenated alkanes) is 14. The summed E-state index contributed by atoms with van der Waals surface area (Å²) >= 11 is 0. The average Bonchev–Trinajstić information content (AvgIpc) is 2.57. The van der Waals surface area contributed by atoms with E-state index < -0.39 is 5.97 Å². The van der Waals surface area contributed by atoms with Crippen LogP contribution >= 0.6 is 0 Å². The second kappa shape index (κ2) is 22.9. The Morgan fingerprint density at radius 1 is 0.704 bits per heavy atom. The number of aliphatic carboxylic acids is 1. The molecule has 27 heavy (non-hydrogen) atoms. The summed E-state index contributed by atoms with van der Waals surface area (Å²) in [5, 5.41) is 10.1. The predicted molar refractivity (Wildman–Crippen MR) is 115 cm³/mol. The Kier molecular flexibility index (Phi) is 23.9. The molecule has 0 heterocycles. The van der Waals surface area contributed by atoms with E-state index in [0.29, 0.717) is 6.42 Å². The van der Waals surface area contributed by atoms with E-state index in [4.69, 9.17) is 5.11 Å². The number of hydrogen-bond donors (Lipinski definition) is 2. The minimum atomic E-state index is -0.653. The molecule has 0 spiro atoms. The molecule has 2 N–H and O–H groups in total. The highest BCUT2D eigenvalue weighted by molar-refractivity contribution is 5.72. The molecule has 0 saturated heterocycles. The Balaban J connectivity index is 0. The second-order valence-corrected chi connectivity index (χ2v) is 7.66. The topological polar surface area (TPSA) is 69.6 Å². The van der Waals surface area contributed by atoms with Crippen molar-refractivity contribution in [2.24, 2.45) is 0 Å². The molecule has 0 bridgehead atoms. The molecule has 0 saturated carbocycles. The molecule has 0 aliphatic rings. The van der Waals surface area contributed by atoms with Gasteiger partial charge in [0, 0.05) is 27.4 Å². The van der Waals surface area contributed by atoms with Gasteiger partial charge in [0.2, 0.25) is 5.91 Å². The molecule has 0 fully saturated rings. The Hall–Kier alpha value is -1.10. The van der Waals surface area contributed by atoms with Crippen molar-refractivity contribution in [3.05, 3.63) is 0 Å². The Bertz CT molecular complexity index is 334. The first-order chi connectivity index (χ1) is 12.9. The summed E-state index contributed by atoms with van der Waals surface area (Å²) < 4.78 is 0. The minimum Gasteiger partial charge on any atom is -0.481 e. The van der Waals surface area contributed by atoms with Crippen LogP contribution in [0, 0.1) is 0 Å². The van der Waals surface area contributed by atoms with Gasteiger partial charge in [0.15, 0.2) is 0 Å². The lowest BCUT2D eigenvalue weighted by molar-refractivity contribution is -0.137. The fraction of sp³-hybridized carbons (Fsp3) is 0.909. The van der Waals surface area contributed by atoms with Crippen molar-refractivity contribution in [3.63, 3.8) is 0 Å². The first-order valence-corrected chi connectivity index (χ1v) is 11.1. The number of nitrogens with one attached hydrogen (secondary N) is 1. The van der Waals surface area contributed by atoms with Gasteiger partial charge in [-0.2, -0.15) is 0 Å². The molecule has 0 atom stereocenters. The van der Waals surface area contributed by atoms with Crippen LogP contribution in [0.3, 0.4) is 0 Å². The minimum absolute atomic E-state index is 0.0370. The van der Waals surface area contributed by atoms with Crippen molar-refractivity contribution in [1.82, 2.24) is 10.4 Å². The summed E-state index contributed by atoms with van der Waals surface area (Å²) in [5.74, 6) is -0.690. The van der Waals surface area contributed by atoms with E-state index in [0.717, 1.165) is 12.8 Å². The zero-order chi connectivity index (χ0) is 20.8.